The Kier molecular flexibility index (Phi) is 7.41. The van der Waals surface area contributed by atoms with E-state index in [1.165, 1.54) is 32.4 Å². The predicted molar refractivity (Wildman–Crippen MR) is 107 cm³/mol. The summed E-state index contributed by atoms with van der Waals surface area (Å²) in [6, 6.07) is 7.94. The molecule has 148 valence electrons. The minimum absolute atomic E-state index is 0.0208. The molecule has 2 rings (SSSR count). The standard InChI is InChI=1S/C18H23ClN2O4S2/c1-12(2)10-15(16-6-5-9-26-16)20-18(22)13-7-8-14(19)17(11-13)27(23,24)21(3)25-4/h5-9,11-12,15H,10H2,1-4H3,(H,20,22). The molecule has 1 unspecified atom stereocenters. The summed E-state index contributed by atoms with van der Waals surface area (Å²) in [7, 11) is -1.47. The van der Waals surface area contributed by atoms with Gasteiger partial charge in [0.25, 0.3) is 15.9 Å². The molecule has 1 aromatic heterocycles. The number of nitrogens with one attached hydrogen (secondary N) is 1. The highest BCUT2D eigenvalue weighted by molar-refractivity contribution is 7.89. The maximum Gasteiger partial charge on any atom is 0.266 e. The predicted octanol–water partition coefficient (Wildman–Crippen LogP) is 4.10. The van der Waals surface area contributed by atoms with Crippen molar-refractivity contribution in [1.82, 2.24) is 9.79 Å². The third-order valence-corrected chi connectivity index (χ3v) is 7.11. The first-order valence-corrected chi connectivity index (χ1v) is 11.0. The lowest BCUT2D eigenvalue weighted by Gasteiger charge is -2.20. The van der Waals surface area contributed by atoms with Crippen molar-refractivity contribution in [2.24, 2.45) is 5.92 Å². The van der Waals surface area contributed by atoms with Gasteiger partial charge in [-0.2, -0.15) is 0 Å². The zero-order chi connectivity index (χ0) is 20.2. The van der Waals surface area contributed by atoms with Crippen LogP contribution in [0.15, 0.2) is 40.6 Å². The number of nitrogens with zero attached hydrogens (tertiary/aromatic N) is 1. The Morgan fingerprint density at radius 3 is 2.59 bits per heavy atom. The van der Waals surface area contributed by atoms with Gasteiger partial charge in [-0.3, -0.25) is 9.63 Å². The highest BCUT2D eigenvalue weighted by Gasteiger charge is 2.26. The summed E-state index contributed by atoms with van der Waals surface area (Å²) in [5.74, 6) is 0.0242. The minimum Gasteiger partial charge on any atom is -0.344 e. The molecule has 0 aliphatic rings. The Labute approximate surface area is 169 Å². The average molecular weight is 431 g/mol. The second-order valence-corrected chi connectivity index (χ2v) is 9.70. The summed E-state index contributed by atoms with van der Waals surface area (Å²) in [6.07, 6.45) is 0.775. The van der Waals surface area contributed by atoms with Crippen molar-refractivity contribution in [3.63, 3.8) is 0 Å². The van der Waals surface area contributed by atoms with Crippen LogP contribution >= 0.6 is 22.9 Å². The van der Waals surface area contributed by atoms with Gasteiger partial charge in [0.15, 0.2) is 0 Å². The molecule has 1 aromatic carbocycles. The summed E-state index contributed by atoms with van der Waals surface area (Å²) in [5, 5.41) is 4.98. The number of amides is 1. The first-order valence-electron chi connectivity index (χ1n) is 8.33. The number of hydroxylamine groups is 1. The monoisotopic (exact) mass is 430 g/mol. The summed E-state index contributed by atoms with van der Waals surface area (Å²) in [5.41, 5.74) is 0.216. The largest absolute Gasteiger partial charge is 0.344 e. The van der Waals surface area contributed by atoms with Crippen molar-refractivity contribution in [2.75, 3.05) is 14.2 Å². The molecule has 0 aliphatic carbocycles. The van der Waals surface area contributed by atoms with Gasteiger partial charge in [-0.25, -0.2) is 8.42 Å². The van der Waals surface area contributed by atoms with E-state index in [4.69, 9.17) is 16.4 Å². The number of hydrogen-bond donors (Lipinski definition) is 1. The Bertz CT molecular complexity index is 883. The second kappa shape index (κ2) is 9.16. The van der Waals surface area contributed by atoms with Gasteiger partial charge in [-0.05, 0) is 42.0 Å². The molecule has 1 amide bonds. The fraction of sp³-hybridized carbons (Fsp3) is 0.389. The number of benzene rings is 1. The second-order valence-electron chi connectivity index (χ2n) is 6.41. The molecule has 1 atom stereocenters. The van der Waals surface area contributed by atoms with Crippen molar-refractivity contribution in [3.8, 4) is 0 Å². The van der Waals surface area contributed by atoms with Gasteiger partial charge >= 0.3 is 0 Å². The lowest BCUT2D eigenvalue weighted by molar-refractivity contribution is -0.0258. The number of halogens is 1. The molecule has 0 saturated heterocycles. The molecule has 6 nitrogen and oxygen atoms in total. The molecule has 1 heterocycles. The van der Waals surface area contributed by atoms with E-state index < -0.39 is 10.0 Å². The molecule has 9 heteroatoms. The molecule has 27 heavy (non-hydrogen) atoms. The molecule has 0 fully saturated rings. The molecule has 0 aliphatic heterocycles. The Balaban J connectivity index is 2.32. The van der Waals surface area contributed by atoms with Gasteiger partial charge in [0.2, 0.25) is 0 Å². The van der Waals surface area contributed by atoms with Crippen molar-refractivity contribution in [3.05, 3.63) is 51.2 Å². The van der Waals surface area contributed by atoms with Crippen LogP contribution in [0.4, 0.5) is 0 Å². The van der Waals surface area contributed by atoms with Crippen LogP contribution in [0.25, 0.3) is 0 Å². The van der Waals surface area contributed by atoms with Crippen LogP contribution in [0.2, 0.25) is 5.02 Å². The van der Waals surface area contributed by atoms with Gasteiger partial charge in [-0.1, -0.05) is 36.0 Å². The Morgan fingerprint density at radius 2 is 2.04 bits per heavy atom. The molecule has 0 radical (unpaired) electrons. The van der Waals surface area contributed by atoms with E-state index in [1.54, 1.807) is 11.3 Å². The van der Waals surface area contributed by atoms with Crippen LogP contribution in [0, 0.1) is 5.92 Å². The van der Waals surface area contributed by atoms with E-state index in [2.05, 4.69) is 19.2 Å². The zero-order valence-electron chi connectivity index (χ0n) is 15.6. The first kappa shape index (κ1) is 21.8. The topological polar surface area (TPSA) is 75.7 Å². The molecule has 0 saturated carbocycles. The van der Waals surface area contributed by atoms with Crippen molar-refractivity contribution in [2.45, 2.75) is 31.2 Å². The molecule has 0 bridgehead atoms. The summed E-state index contributed by atoms with van der Waals surface area (Å²) in [4.78, 5) is 18.4. The lowest BCUT2D eigenvalue weighted by Crippen LogP contribution is -2.30. The molecule has 2 aromatic rings. The quantitative estimate of drug-likeness (QED) is 0.639. The average Bonchev–Trinajstić information content (AvgIpc) is 3.14. The third kappa shape index (κ3) is 5.30. The van der Waals surface area contributed by atoms with Crippen LogP contribution in [0.3, 0.4) is 0 Å². The fourth-order valence-electron chi connectivity index (χ4n) is 2.53. The molecule has 1 N–H and O–H groups in total. The highest BCUT2D eigenvalue weighted by atomic mass is 35.5. The van der Waals surface area contributed by atoms with Gasteiger partial charge in [0.1, 0.15) is 4.90 Å². The van der Waals surface area contributed by atoms with E-state index in [1.807, 2.05) is 17.5 Å². The van der Waals surface area contributed by atoms with Crippen molar-refractivity contribution < 1.29 is 18.0 Å². The van der Waals surface area contributed by atoms with Crippen LogP contribution < -0.4 is 5.32 Å². The van der Waals surface area contributed by atoms with E-state index >= 15 is 0 Å². The summed E-state index contributed by atoms with van der Waals surface area (Å²) < 4.78 is 25.7. The SMILES string of the molecule is CON(C)S(=O)(=O)c1cc(C(=O)NC(CC(C)C)c2cccs2)ccc1Cl. The van der Waals surface area contributed by atoms with Gasteiger partial charge < -0.3 is 5.32 Å². The van der Waals surface area contributed by atoms with Gasteiger partial charge in [0, 0.05) is 17.5 Å². The number of thiophene rings is 1. The van der Waals surface area contributed by atoms with Gasteiger partial charge in [0.05, 0.1) is 18.2 Å². The van der Waals surface area contributed by atoms with Gasteiger partial charge in [-0.15, -0.1) is 11.3 Å². The third-order valence-electron chi connectivity index (χ3n) is 3.97. The number of carbonyl (C=O) groups excluding carboxylic acids is 1. The number of carbonyl (C=O) groups is 1. The number of rotatable bonds is 8. The fourth-order valence-corrected chi connectivity index (χ4v) is 4.79. The van der Waals surface area contributed by atoms with Crippen LogP contribution in [-0.4, -0.2) is 33.0 Å². The number of sulfonamides is 1. The Hall–Kier alpha value is -1.45. The lowest BCUT2D eigenvalue weighted by atomic mass is 10.0. The van der Waals surface area contributed by atoms with Crippen molar-refractivity contribution in [1.29, 1.82) is 0 Å². The maximum absolute atomic E-state index is 12.8. The summed E-state index contributed by atoms with van der Waals surface area (Å²) >= 11 is 7.62. The van der Waals surface area contributed by atoms with E-state index in [-0.39, 0.29) is 27.4 Å². The zero-order valence-corrected chi connectivity index (χ0v) is 18.0. The van der Waals surface area contributed by atoms with E-state index in [9.17, 15) is 13.2 Å². The highest BCUT2D eigenvalue weighted by Crippen LogP contribution is 2.28. The van der Waals surface area contributed by atoms with Crippen LogP contribution in [-0.2, 0) is 14.9 Å². The van der Waals surface area contributed by atoms with Crippen molar-refractivity contribution >= 4 is 38.9 Å². The normalized spacial score (nSPS) is 13.1. The van der Waals surface area contributed by atoms with E-state index in [0.717, 1.165) is 11.3 Å². The Morgan fingerprint density at radius 1 is 1.33 bits per heavy atom. The number of hydrogen-bond acceptors (Lipinski definition) is 5. The smallest absolute Gasteiger partial charge is 0.266 e. The maximum atomic E-state index is 12.8. The van der Waals surface area contributed by atoms with Crippen LogP contribution in [0.5, 0.6) is 0 Å². The molecular formula is C18H23ClN2O4S2. The summed E-state index contributed by atoms with van der Waals surface area (Å²) in [6.45, 7) is 4.17. The van der Waals surface area contributed by atoms with E-state index in [0.29, 0.717) is 10.4 Å². The van der Waals surface area contributed by atoms with Crippen LogP contribution in [0.1, 0.15) is 41.5 Å². The molecular weight excluding hydrogens is 408 g/mol. The first-order chi connectivity index (χ1) is 12.7. The minimum atomic E-state index is -3.97. The molecule has 0 spiro atoms.